The molecule has 0 saturated carbocycles. The van der Waals surface area contributed by atoms with E-state index in [-0.39, 0.29) is 6.42 Å². The van der Waals surface area contributed by atoms with Gasteiger partial charge in [-0.25, -0.2) is 9.90 Å². The zero-order chi connectivity index (χ0) is 7.82. The first kappa shape index (κ1) is 9.43. The third-order valence-electron chi connectivity index (χ3n) is 1.17. The van der Waals surface area contributed by atoms with Crippen LogP contribution in [0.4, 0.5) is 0 Å². The quantitative estimate of drug-likeness (QED) is 0.527. The Morgan fingerprint density at radius 1 is 1.30 bits per heavy atom. The van der Waals surface area contributed by atoms with Crippen molar-refractivity contribution in [1.82, 2.24) is 0 Å². The van der Waals surface area contributed by atoms with Crippen LogP contribution in [0.3, 0.4) is 0 Å². The fraction of sp³-hybridized carbons (Fsp3) is 0.714. The van der Waals surface area contributed by atoms with Crippen LogP contribution in [0.15, 0.2) is 0 Å². The lowest BCUT2D eigenvalue weighted by molar-refractivity contribution is -0.143. The summed E-state index contributed by atoms with van der Waals surface area (Å²) >= 11 is 0. The zero-order valence-electron chi connectivity index (χ0n) is 5.97. The molecule has 0 fully saturated rings. The largest absolute Gasteiger partial charge is 0.379 e. The van der Waals surface area contributed by atoms with Gasteiger partial charge in [-0.05, 0) is 12.8 Å². The maximum absolute atomic E-state index is 9.88. The maximum atomic E-state index is 9.88. The molecule has 2 radical (unpaired) electrons. The maximum Gasteiger partial charge on any atom is 0.355 e. The Labute approximate surface area is 61.0 Å². The summed E-state index contributed by atoms with van der Waals surface area (Å²) in [5.41, 5.74) is 0. The Kier molecular flexibility index (Phi) is 6.18. The number of rotatable bonds is 6. The number of hydrogen-bond donors (Lipinski definition) is 0. The summed E-state index contributed by atoms with van der Waals surface area (Å²) in [6.07, 6.45) is 2.56. The van der Waals surface area contributed by atoms with Crippen LogP contribution in [0, 0.1) is 7.11 Å². The minimum atomic E-state index is -0.976. The van der Waals surface area contributed by atoms with E-state index in [0.717, 1.165) is 12.8 Å². The van der Waals surface area contributed by atoms with Crippen LogP contribution in [0.2, 0.25) is 0 Å². The molecule has 58 valence electrons. The average molecular weight is 144 g/mol. The second-order valence-electron chi connectivity index (χ2n) is 2.09. The molecule has 0 amide bonds. The number of ether oxygens (including phenoxy) is 1. The van der Waals surface area contributed by atoms with Crippen molar-refractivity contribution in [2.75, 3.05) is 6.61 Å². The average Bonchev–Trinajstić information content (AvgIpc) is 1.87. The highest BCUT2D eigenvalue weighted by atomic mass is 16.5. The summed E-state index contributed by atoms with van der Waals surface area (Å²) in [5.74, 6) is -0.976. The number of hydrogen-bond acceptors (Lipinski definition) is 2. The van der Waals surface area contributed by atoms with Crippen LogP contribution in [0.5, 0.6) is 0 Å². The highest BCUT2D eigenvalue weighted by Gasteiger charge is 1.97. The lowest BCUT2D eigenvalue weighted by Gasteiger charge is -1.95. The number of carbonyl (C=O) groups excluding carboxylic acids is 1. The van der Waals surface area contributed by atoms with Gasteiger partial charge in [-0.1, -0.05) is 6.42 Å². The van der Waals surface area contributed by atoms with E-state index in [9.17, 15) is 9.90 Å². The van der Waals surface area contributed by atoms with Crippen LogP contribution in [0.25, 0.3) is 0 Å². The van der Waals surface area contributed by atoms with Crippen molar-refractivity contribution in [2.45, 2.75) is 25.7 Å². The SMILES string of the molecule is [CH2]OCCCCCC([O])=O. The molecular formula is C7H12O3. The Balaban J connectivity index is 2.84. The third kappa shape index (κ3) is 7.43. The summed E-state index contributed by atoms with van der Waals surface area (Å²) in [6, 6.07) is 0. The monoisotopic (exact) mass is 144 g/mol. The van der Waals surface area contributed by atoms with Crippen molar-refractivity contribution in [3.8, 4) is 0 Å². The first-order valence-corrected chi connectivity index (χ1v) is 3.34. The first-order valence-electron chi connectivity index (χ1n) is 3.34. The Morgan fingerprint density at radius 2 is 2.00 bits per heavy atom. The second kappa shape index (κ2) is 6.55. The van der Waals surface area contributed by atoms with E-state index in [1.807, 2.05) is 0 Å². The topological polar surface area (TPSA) is 46.2 Å². The van der Waals surface area contributed by atoms with Gasteiger partial charge in [-0.2, -0.15) is 0 Å². The molecule has 0 bridgehead atoms. The van der Waals surface area contributed by atoms with Gasteiger partial charge in [-0.3, -0.25) is 0 Å². The van der Waals surface area contributed by atoms with Crippen molar-refractivity contribution in [2.24, 2.45) is 0 Å². The molecule has 0 aromatic rings. The summed E-state index contributed by atoms with van der Waals surface area (Å²) in [5, 5.41) is 9.88. The zero-order valence-corrected chi connectivity index (χ0v) is 5.97. The van der Waals surface area contributed by atoms with Crippen LogP contribution < -0.4 is 0 Å². The number of unbranched alkanes of at least 4 members (excludes halogenated alkanes) is 2. The molecule has 0 aliphatic carbocycles. The van der Waals surface area contributed by atoms with Crippen molar-refractivity contribution in [1.29, 1.82) is 0 Å². The Morgan fingerprint density at radius 3 is 2.50 bits per heavy atom. The minimum Gasteiger partial charge on any atom is -0.379 e. The smallest absolute Gasteiger partial charge is 0.355 e. The number of carbonyl (C=O) groups is 1. The second-order valence-corrected chi connectivity index (χ2v) is 2.09. The van der Waals surface area contributed by atoms with Gasteiger partial charge in [0.05, 0.1) is 13.5 Å². The summed E-state index contributed by atoms with van der Waals surface area (Å²) in [4.78, 5) is 9.88. The lowest BCUT2D eigenvalue weighted by atomic mass is 10.2. The van der Waals surface area contributed by atoms with Crippen LogP contribution in [0.1, 0.15) is 25.7 Å². The Hall–Kier alpha value is -0.570. The van der Waals surface area contributed by atoms with Gasteiger partial charge in [0.15, 0.2) is 0 Å². The third-order valence-corrected chi connectivity index (χ3v) is 1.17. The molecule has 0 atom stereocenters. The predicted octanol–water partition coefficient (Wildman–Crippen LogP) is 1.31. The standard InChI is InChI=1S/C7H12O3/c1-10-6-4-2-3-5-7(8)9/h1-6H2. The van der Waals surface area contributed by atoms with E-state index in [0.29, 0.717) is 13.0 Å². The van der Waals surface area contributed by atoms with Crippen LogP contribution >= 0.6 is 0 Å². The van der Waals surface area contributed by atoms with Crippen molar-refractivity contribution in [3.05, 3.63) is 7.11 Å². The molecule has 0 spiro atoms. The molecule has 0 saturated heterocycles. The van der Waals surface area contributed by atoms with E-state index in [1.165, 1.54) is 0 Å². The molecule has 0 aromatic heterocycles. The van der Waals surface area contributed by atoms with Crippen molar-refractivity contribution >= 4 is 5.97 Å². The minimum absolute atomic E-state index is 0.150. The molecule has 0 heterocycles. The van der Waals surface area contributed by atoms with Gasteiger partial charge < -0.3 is 4.74 Å². The van der Waals surface area contributed by atoms with Crippen molar-refractivity contribution in [3.63, 3.8) is 0 Å². The molecule has 3 heteroatoms. The molecule has 0 N–H and O–H groups in total. The highest BCUT2D eigenvalue weighted by molar-refractivity contribution is 5.66. The molecule has 3 nitrogen and oxygen atoms in total. The van der Waals surface area contributed by atoms with E-state index in [2.05, 4.69) is 11.8 Å². The van der Waals surface area contributed by atoms with E-state index < -0.39 is 5.97 Å². The molecule has 0 unspecified atom stereocenters. The molecule has 10 heavy (non-hydrogen) atoms. The van der Waals surface area contributed by atoms with Gasteiger partial charge in [0, 0.05) is 6.61 Å². The van der Waals surface area contributed by atoms with Gasteiger partial charge in [-0.15, -0.1) is 0 Å². The van der Waals surface area contributed by atoms with Gasteiger partial charge in [0.1, 0.15) is 0 Å². The van der Waals surface area contributed by atoms with E-state index >= 15 is 0 Å². The van der Waals surface area contributed by atoms with E-state index in [4.69, 9.17) is 0 Å². The predicted molar refractivity (Wildman–Crippen MR) is 35.5 cm³/mol. The molecular weight excluding hydrogens is 132 g/mol. The molecule has 0 aliphatic rings. The fourth-order valence-electron chi connectivity index (χ4n) is 0.650. The normalized spacial score (nSPS) is 9.70. The lowest BCUT2D eigenvalue weighted by Crippen LogP contribution is -1.93. The van der Waals surface area contributed by atoms with Crippen molar-refractivity contribution < 1.29 is 14.6 Å². The Bertz CT molecular complexity index is 90.9. The highest BCUT2D eigenvalue weighted by Crippen LogP contribution is 1.99. The molecule has 0 aromatic carbocycles. The van der Waals surface area contributed by atoms with E-state index in [1.54, 1.807) is 0 Å². The van der Waals surface area contributed by atoms with Gasteiger partial charge in [0.2, 0.25) is 0 Å². The summed E-state index contributed by atoms with van der Waals surface area (Å²) < 4.78 is 4.54. The van der Waals surface area contributed by atoms with Gasteiger partial charge in [0.25, 0.3) is 0 Å². The van der Waals surface area contributed by atoms with Crippen LogP contribution in [-0.2, 0) is 14.6 Å². The van der Waals surface area contributed by atoms with Crippen LogP contribution in [-0.4, -0.2) is 12.6 Å². The fourth-order valence-corrected chi connectivity index (χ4v) is 0.650. The summed E-state index contributed by atoms with van der Waals surface area (Å²) in [7, 11) is 3.19. The molecule has 0 rings (SSSR count). The van der Waals surface area contributed by atoms with Gasteiger partial charge >= 0.3 is 5.97 Å². The summed E-state index contributed by atoms with van der Waals surface area (Å²) in [6.45, 7) is 0.604. The molecule has 0 aliphatic heterocycles. The first-order chi connectivity index (χ1) is 4.77.